The highest BCUT2D eigenvalue weighted by atomic mass is 35.5. The van der Waals surface area contributed by atoms with Crippen molar-refractivity contribution < 1.29 is 9.53 Å². The summed E-state index contributed by atoms with van der Waals surface area (Å²) in [4.78, 5) is 31.8. The number of anilines is 2. The summed E-state index contributed by atoms with van der Waals surface area (Å²) in [5.74, 6) is 0.718. The van der Waals surface area contributed by atoms with Crippen molar-refractivity contribution in [2.45, 2.75) is 82.6 Å². The molecule has 1 aromatic heterocycles. The van der Waals surface area contributed by atoms with E-state index in [-0.39, 0.29) is 23.9 Å². The summed E-state index contributed by atoms with van der Waals surface area (Å²) in [5, 5.41) is 12.5. The van der Waals surface area contributed by atoms with Gasteiger partial charge in [-0.05, 0) is 69.5 Å². The molecule has 3 fully saturated rings. The quantitative estimate of drug-likeness (QED) is 0.288. The van der Waals surface area contributed by atoms with Crippen molar-refractivity contribution in [3.63, 3.8) is 0 Å². The number of piperazine rings is 1. The number of fused-ring (bicyclic) bond motifs is 2. The first-order chi connectivity index (χ1) is 22.3. The van der Waals surface area contributed by atoms with Crippen molar-refractivity contribution in [3.05, 3.63) is 65.3 Å². The molecule has 3 atom stereocenters. The van der Waals surface area contributed by atoms with Gasteiger partial charge in [-0.3, -0.25) is 9.69 Å². The van der Waals surface area contributed by atoms with Crippen LogP contribution in [-0.2, 0) is 17.8 Å². The molecule has 4 heterocycles. The number of carbonyl (C=O) groups is 1. The third-order valence-corrected chi connectivity index (χ3v) is 10.9. The highest BCUT2D eigenvalue weighted by molar-refractivity contribution is 6.36. The van der Waals surface area contributed by atoms with Gasteiger partial charge in [0.15, 0.2) is 0 Å². The fourth-order valence-corrected chi connectivity index (χ4v) is 8.42. The second-order valence-electron chi connectivity index (χ2n) is 13.4. The summed E-state index contributed by atoms with van der Waals surface area (Å²) in [6, 6.07) is 15.9. The molecular formula is C36H42ClN7O2. The fraction of sp³-hybridized carbons (Fsp3) is 0.500. The van der Waals surface area contributed by atoms with Crippen LogP contribution in [0.5, 0.6) is 6.01 Å². The Bertz CT molecular complexity index is 1690. The minimum atomic E-state index is -0.245. The van der Waals surface area contributed by atoms with Gasteiger partial charge in [-0.1, -0.05) is 42.4 Å². The summed E-state index contributed by atoms with van der Waals surface area (Å²) >= 11 is 6.74. The first-order valence-corrected chi connectivity index (χ1v) is 17.0. The van der Waals surface area contributed by atoms with Crippen molar-refractivity contribution in [3.8, 4) is 12.1 Å². The maximum Gasteiger partial charge on any atom is 0.318 e. The highest BCUT2D eigenvalue weighted by Gasteiger charge is 2.53. The van der Waals surface area contributed by atoms with E-state index in [1.807, 2.05) is 12.1 Å². The second-order valence-corrected chi connectivity index (χ2v) is 13.8. The van der Waals surface area contributed by atoms with E-state index >= 15 is 0 Å². The molecule has 2 aromatic carbocycles. The number of rotatable bonds is 8. The van der Waals surface area contributed by atoms with Gasteiger partial charge in [-0.2, -0.15) is 15.2 Å². The van der Waals surface area contributed by atoms with E-state index in [0.717, 1.165) is 64.4 Å². The van der Waals surface area contributed by atoms with Crippen LogP contribution in [0.15, 0.2) is 49.1 Å². The molecule has 3 aromatic rings. The molecule has 0 N–H and O–H groups in total. The molecule has 1 saturated carbocycles. The van der Waals surface area contributed by atoms with Crippen LogP contribution in [0.4, 0.5) is 11.5 Å². The first-order valence-electron chi connectivity index (χ1n) is 16.6. The molecule has 0 spiro atoms. The Hall–Kier alpha value is -3.87. The summed E-state index contributed by atoms with van der Waals surface area (Å²) < 4.78 is 6.56. The lowest BCUT2D eigenvalue weighted by Crippen LogP contribution is -2.55. The topological polar surface area (TPSA) is 88.8 Å². The molecule has 240 valence electrons. The standard InChI is InChI=1S/C36H42ClN7O2/c1-4-32(45)43-20-19-42(21-27(43)13-17-38)34-28-14-18-41(31-10-6-8-26-7-5-9-29(37)33(26)31)22-30(28)39-35(40-34)46-23-36(15-16-36)44-24(2)11-12-25(44)3/h4-10,24-25,27H,1,11-16,18-23H2,2-3H3/t24?,25?,27-/m0/s1. The van der Waals surface area contributed by atoms with Crippen molar-refractivity contribution in [1.82, 2.24) is 19.8 Å². The van der Waals surface area contributed by atoms with Crippen molar-refractivity contribution >= 4 is 39.8 Å². The number of halogens is 1. The van der Waals surface area contributed by atoms with Gasteiger partial charge in [0.05, 0.1) is 41.3 Å². The second kappa shape index (κ2) is 12.4. The summed E-state index contributed by atoms with van der Waals surface area (Å²) in [6.07, 6.45) is 7.04. The first kappa shape index (κ1) is 30.8. The van der Waals surface area contributed by atoms with Crippen molar-refractivity contribution in [2.75, 3.05) is 42.6 Å². The van der Waals surface area contributed by atoms with Gasteiger partial charge in [0.1, 0.15) is 12.4 Å². The Morgan fingerprint density at radius 3 is 2.59 bits per heavy atom. The van der Waals surface area contributed by atoms with Gasteiger partial charge < -0.3 is 19.4 Å². The Balaban J connectivity index is 1.22. The molecule has 1 amide bonds. The maximum absolute atomic E-state index is 12.6. The van der Waals surface area contributed by atoms with Crippen LogP contribution in [0.25, 0.3) is 10.8 Å². The predicted molar refractivity (Wildman–Crippen MR) is 181 cm³/mol. The Labute approximate surface area is 276 Å². The van der Waals surface area contributed by atoms with E-state index < -0.39 is 0 Å². The van der Waals surface area contributed by atoms with Gasteiger partial charge in [0, 0.05) is 54.9 Å². The molecule has 2 saturated heterocycles. The van der Waals surface area contributed by atoms with Crippen LogP contribution in [-0.4, -0.2) is 82.1 Å². The van der Waals surface area contributed by atoms with Crippen LogP contribution in [0, 0.1) is 11.3 Å². The van der Waals surface area contributed by atoms with Crippen molar-refractivity contribution in [1.29, 1.82) is 5.26 Å². The minimum absolute atomic E-state index is 0.0507. The number of nitrogens with zero attached hydrogens (tertiary/aromatic N) is 7. The van der Waals surface area contributed by atoms with Crippen LogP contribution >= 0.6 is 11.6 Å². The zero-order valence-electron chi connectivity index (χ0n) is 26.8. The van der Waals surface area contributed by atoms with Crippen LogP contribution in [0.2, 0.25) is 5.02 Å². The summed E-state index contributed by atoms with van der Waals surface area (Å²) in [5.41, 5.74) is 3.20. The predicted octanol–water partition coefficient (Wildman–Crippen LogP) is 5.75. The Kier molecular flexibility index (Phi) is 8.28. The lowest BCUT2D eigenvalue weighted by Gasteiger charge is -2.42. The lowest BCUT2D eigenvalue weighted by atomic mass is 10.0. The van der Waals surface area contributed by atoms with Crippen LogP contribution < -0.4 is 14.5 Å². The summed E-state index contributed by atoms with van der Waals surface area (Å²) in [7, 11) is 0. The third-order valence-electron chi connectivity index (χ3n) is 10.6. The van der Waals surface area contributed by atoms with Gasteiger partial charge in [0.2, 0.25) is 5.91 Å². The van der Waals surface area contributed by atoms with Crippen LogP contribution in [0.1, 0.15) is 57.2 Å². The fourth-order valence-electron chi connectivity index (χ4n) is 8.15. The highest BCUT2D eigenvalue weighted by Crippen LogP contribution is 2.48. The SMILES string of the molecule is C=CC(=O)N1CCN(c2nc(OCC3(N4C(C)CCC4C)CC3)nc3c2CCN(c2cccc4cccc(Cl)c24)C3)C[C@@H]1CC#N. The van der Waals surface area contributed by atoms with Gasteiger partial charge in [0.25, 0.3) is 0 Å². The van der Waals surface area contributed by atoms with Gasteiger partial charge in [-0.15, -0.1) is 0 Å². The van der Waals surface area contributed by atoms with Crippen molar-refractivity contribution in [2.24, 2.45) is 0 Å². The van der Waals surface area contributed by atoms with Gasteiger partial charge in [-0.25, -0.2) is 0 Å². The molecule has 7 rings (SSSR count). The van der Waals surface area contributed by atoms with Gasteiger partial charge >= 0.3 is 6.01 Å². The van der Waals surface area contributed by atoms with E-state index in [0.29, 0.717) is 50.9 Å². The number of hydrogen-bond acceptors (Lipinski definition) is 8. The number of hydrogen-bond donors (Lipinski definition) is 0. The third kappa shape index (κ3) is 5.56. The van der Waals surface area contributed by atoms with E-state index in [1.54, 1.807) is 4.90 Å². The molecule has 1 aliphatic carbocycles. The van der Waals surface area contributed by atoms with E-state index in [1.165, 1.54) is 18.9 Å². The van der Waals surface area contributed by atoms with Crippen LogP contribution in [0.3, 0.4) is 0 Å². The molecule has 0 radical (unpaired) electrons. The number of benzene rings is 2. The molecule has 9 nitrogen and oxygen atoms in total. The minimum Gasteiger partial charge on any atom is -0.461 e. The lowest BCUT2D eigenvalue weighted by molar-refractivity contribution is -0.128. The molecular weight excluding hydrogens is 598 g/mol. The molecule has 3 aliphatic heterocycles. The van der Waals surface area contributed by atoms with E-state index in [4.69, 9.17) is 26.3 Å². The smallest absolute Gasteiger partial charge is 0.318 e. The average Bonchev–Trinajstić information content (AvgIpc) is 3.77. The number of ether oxygens (including phenoxy) is 1. The normalized spacial score (nSPS) is 24.0. The number of aromatic nitrogens is 2. The number of likely N-dealkylation sites (tertiary alicyclic amines) is 1. The Morgan fingerprint density at radius 1 is 1.11 bits per heavy atom. The number of nitriles is 1. The zero-order valence-corrected chi connectivity index (χ0v) is 27.5. The maximum atomic E-state index is 12.6. The molecule has 10 heteroatoms. The molecule has 0 bridgehead atoms. The number of carbonyl (C=O) groups excluding carboxylic acids is 1. The average molecular weight is 640 g/mol. The Morgan fingerprint density at radius 2 is 1.87 bits per heavy atom. The van der Waals surface area contributed by atoms with E-state index in [9.17, 15) is 10.1 Å². The number of amides is 1. The largest absolute Gasteiger partial charge is 0.461 e. The molecule has 46 heavy (non-hydrogen) atoms. The summed E-state index contributed by atoms with van der Waals surface area (Å²) in [6.45, 7) is 11.9. The van der Waals surface area contributed by atoms with E-state index in [2.05, 4.69) is 65.5 Å². The molecule has 4 aliphatic rings. The zero-order chi connectivity index (χ0) is 32.0. The molecule has 2 unspecified atom stereocenters. The monoisotopic (exact) mass is 639 g/mol.